The third kappa shape index (κ3) is 3.85. The number of carbonyl (C=O) groups excluding carboxylic acids is 2. The van der Waals surface area contributed by atoms with E-state index in [2.05, 4.69) is 20.8 Å². The standard InChI is InChI=1S/C20H18N4O4/c1-12-19(26)22-15-11-14(7-8-16(15)27-12)21-17(25)9-10-18-23-24-20(28-18)13-5-3-2-4-6-13/h2-8,11-12H,9-10H2,1H3,(H,21,25)(H,22,26). The summed E-state index contributed by atoms with van der Waals surface area (Å²) in [6, 6.07) is 14.5. The van der Waals surface area contributed by atoms with E-state index in [-0.39, 0.29) is 18.2 Å². The molecular weight excluding hydrogens is 360 g/mol. The van der Waals surface area contributed by atoms with Crippen molar-refractivity contribution >= 4 is 23.2 Å². The number of nitrogens with zero attached hydrogens (tertiary/aromatic N) is 2. The van der Waals surface area contributed by atoms with Gasteiger partial charge in [-0.25, -0.2) is 0 Å². The van der Waals surface area contributed by atoms with Crippen molar-refractivity contribution in [2.45, 2.75) is 25.9 Å². The highest BCUT2D eigenvalue weighted by atomic mass is 16.5. The summed E-state index contributed by atoms with van der Waals surface area (Å²) in [4.78, 5) is 23.9. The van der Waals surface area contributed by atoms with Crippen LogP contribution in [0.4, 0.5) is 11.4 Å². The highest BCUT2D eigenvalue weighted by Gasteiger charge is 2.23. The van der Waals surface area contributed by atoms with Crippen LogP contribution in [0.5, 0.6) is 5.75 Å². The molecule has 2 amide bonds. The summed E-state index contributed by atoms with van der Waals surface area (Å²) in [6.45, 7) is 1.68. The molecule has 2 heterocycles. The lowest BCUT2D eigenvalue weighted by atomic mass is 10.2. The van der Waals surface area contributed by atoms with Gasteiger partial charge in [-0.3, -0.25) is 9.59 Å². The Morgan fingerprint density at radius 2 is 2.00 bits per heavy atom. The van der Waals surface area contributed by atoms with Crippen LogP contribution in [0.2, 0.25) is 0 Å². The maximum atomic E-state index is 12.2. The highest BCUT2D eigenvalue weighted by molar-refractivity contribution is 5.99. The van der Waals surface area contributed by atoms with Crippen LogP contribution in [0, 0.1) is 0 Å². The van der Waals surface area contributed by atoms with Crippen LogP contribution in [-0.2, 0) is 16.0 Å². The molecule has 0 fully saturated rings. The lowest BCUT2D eigenvalue weighted by molar-refractivity contribution is -0.122. The molecule has 4 rings (SSSR count). The van der Waals surface area contributed by atoms with Gasteiger partial charge in [-0.05, 0) is 37.3 Å². The van der Waals surface area contributed by atoms with Crippen LogP contribution in [-0.4, -0.2) is 28.1 Å². The fraction of sp³-hybridized carbons (Fsp3) is 0.200. The Balaban J connectivity index is 1.35. The normalized spacial score (nSPS) is 15.3. The molecule has 0 aliphatic carbocycles. The summed E-state index contributed by atoms with van der Waals surface area (Å²) >= 11 is 0. The van der Waals surface area contributed by atoms with Gasteiger partial charge < -0.3 is 19.8 Å². The quantitative estimate of drug-likeness (QED) is 0.707. The molecule has 0 spiro atoms. The maximum absolute atomic E-state index is 12.2. The minimum atomic E-state index is -0.539. The van der Waals surface area contributed by atoms with Gasteiger partial charge in [-0.15, -0.1) is 10.2 Å². The third-order valence-electron chi connectivity index (χ3n) is 4.25. The predicted molar refractivity (Wildman–Crippen MR) is 102 cm³/mol. The first kappa shape index (κ1) is 17.7. The van der Waals surface area contributed by atoms with E-state index in [9.17, 15) is 9.59 Å². The van der Waals surface area contributed by atoms with E-state index in [0.29, 0.717) is 35.3 Å². The van der Waals surface area contributed by atoms with Crippen molar-refractivity contribution in [3.8, 4) is 17.2 Å². The molecule has 28 heavy (non-hydrogen) atoms. The van der Waals surface area contributed by atoms with Crippen molar-refractivity contribution < 1.29 is 18.7 Å². The molecule has 3 aromatic rings. The molecule has 0 saturated carbocycles. The van der Waals surface area contributed by atoms with E-state index in [4.69, 9.17) is 9.15 Å². The van der Waals surface area contributed by atoms with E-state index in [1.165, 1.54) is 0 Å². The zero-order valence-electron chi connectivity index (χ0n) is 15.1. The second-order valence-corrected chi connectivity index (χ2v) is 6.38. The number of amides is 2. The van der Waals surface area contributed by atoms with Crippen LogP contribution >= 0.6 is 0 Å². The maximum Gasteiger partial charge on any atom is 0.265 e. The summed E-state index contributed by atoms with van der Waals surface area (Å²) in [5.41, 5.74) is 1.93. The Morgan fingerprint density at radius 1 is 1.18 bits per heavy atom. The number of ether oxygens (including phenoxy) is 1. The van der Waals surface area contributed by atoms with Crippen LogP contribution < -0.4 is 15.4 Å². The van der Waals surface area contributed by atoms with E-state index in [1.54, 1.807) is 25.1 Å². The number of anilines is 2. The summed E-state index contributed by atoms with van der Waals surface area (Å²) in [5.74, 6) is 0.978. The van der Waals surface area contributed by atoms with Crippen molar-refractivity contribution in [2.75, 3.05) is 10.6 Å². The largest absolute Gasteiger partial charge is 0.479 e. The van der Waals surface area contributed by atoms with E-state index in [1.807, 2.05) is 30.3 Å². The third-order valence-corrected chi connectivity index (χ3v) is 4.25. The van der Waals surface area contributed by atoms with Gasteiger partial charge in [0.25, 0.3) is 5.91 Å². The number of hydrogen-bond donors (Lipinski definition) is 2. The number of nitrogens with one attached hydrogen (secondary N) is 2. The average Bonchev–Trinajstić information content (AvgIpc) is 3.17. The highest BCUT2D eigenvalue weighted by Crippen LogP contribution is 2.32. The minimum Gasteiger partial charge on any atom is -0.479 e. The van der Waals surface area contributed by atoms with Gasteiger partial charge in [0, 0.05) is 24.1 Å². The zero-order valence-corrected chi connectivity index (χ0v) is 15.1. The Kier molecular flexibility index (Phi) is 4.76. The lowest BCUT2D eigenvalue weighted by Crippen LogP contribution is -2.34. The Bertz CT molecular complexity index is 1020. The molecule has 0 radical (unpaired) electrons. The molecule has 1 aliphatic heterocycles. The van der Waals surface area contributed by atoms with E-state index in [0.717, 1.165) is 5.56 Å². The Morgan fingerprint density at radius 3 is 2.82 bits per heavy atom. The van der Waals surface area contributed by atoms with Gasteiger partial charge in [-0.1, -0.05) is 18.2 Å². The minimum absolute atomic E-state index is 0.188. The number of rotatable bonds is 5. The van der Waals surface area contributed by atoms with Gasteiger partial charge in [0.05, 0.1) is 5.69 Å². The number of fused-ring (bicyclic) bond motifs is 1. The smallest absolute Gasteiger partial charge is 0.265 e. The molecule has 8 nitrogen and oxygen atoms in total. The number of carbonyl (C=O) groups is 2. The molecule has 1 aliphatic rings. The van der Waals surface area contributed by atoms with Gasteiger partial charge in [0.1, 0.15) is 5.75 Å². The van der Waals surface area contributed by atoms with E-state index >= 15 is 0 Å². The van der Waals surface area contributed by atoms with Crippen molar-refractivity contribution in [3.63, 3.8) is 0 Å². The number of hydrogen-bond acceptors (Lipinski definition) is 6. The Hall–Kier alpha value is -3.68. The summed E-state index contributed by atoms with van der Waals surface area (Å²) in [5, 5.41) is 13.5. The van der Waals surface area contributed by atoms with Gasteiger partial charge in [-0.2, -0.15) is 0 Å². The molecule has 1 unspecified atom stereocenters. The summed E-state index contributed by atoms with van der Waals surface area (Å²) in [7, 11) is 0. The molecule has 0 bridgehead atoms. The SMILES string of the molecule is CC1Oc2ccc(NC(=O)CCc3nnc(-c4ccccc4)o3)cc2NC1=O. The second kappa shape index (κ2) is 7.51. The topological polar surface area (TPSA) is 106 Å². The van der Waals surface area contributed by atoms with Gasteiger partial charge in [0.15, 0.2) is 6.10 Å². The zero-order chi connectivity index (χ0) is 19.5. The van der Waals surface area contributed by atoms with Crippen molar-refractivity contribution in [1.82, 2.24) is 10.2 Å². The molecule has 1 atom stereocenters. The van der Waals surface area contributed by atoms with Crippen LogP contribution in [0.15, 0.2) is 52.9 Å². The summed E-state index contributed by atoms with van der Waals surface area (Å²) < 4.78 is 11.1. The second-order valence-electron chi connectivity index (χ2n) is 6.38. The van der Waals surface area contributed by atoms with Crippen molar-refractivity contribution in [1.29, 1.82) is 0 Å². The van der Waals surface area contributed by atoms with E-state index < -0.39 is 6.10 Å². The summed E-state index contributed by atoms with van der Waals surface area (Å²) in [6.07, 6.45) is -0.0235. The van der Waals surface area contributed by atoms with Crippen LogP contribution in [0.3, 0.4) is 0 Å². The van der Waals surface area contributed by atoms with Crippen molar-refractivity contribution in [2.24, 2.45) is 0 Å². The van der Waals surface area contributed by atoms with Crippen molar-refractivity contribution in [3.05, 3.63) is 54.4 Å². The molecule has 142 valence electrons. The first-order chi connectivity index (χ1) is 13.6. The number of aromatic nitrogens is 2. The Labute approximate surface area is 160 Å². The average molecular weight is 378 g/mol. The number of aryl methyl sites for hydroxylation is 1. The molecular formula is C20H18N4O4. The fourth-order valence-corrected chi connectivity index (χ4v) is 2.78. The molecule has 2 aromatic carbocycles. The number of benzene rings is 2. The molecule has 8 heteroatoms. The first-order valence-corrected chi connectivity index (χ1v) is 8.88. The first-order valence-electron chi connectivity index (χ1n) is 8.88. The predicted octanol–water partition coefficient (Wildman–Crippen LogP) is 3.03. The van der Waals surface area contributed by atoms with Crippen LogP contribution in [0.25, 0.3) is 11.5 Å². The van der Waals surface area contributed by atoms with Gasteiger partial charge in [0.2, 0.25) is 17.7 Å². The fourth-order valence-electron chi connectivity index (χ4n) is 2.78. The monoisotopic (exact) mass is 378 g/mol. The van der Waals surface area contributed by atoms with Crippen LogP contribution in [0.1, 0.15) is 19.2 Å². The van der Waals surface area contributed by atoms with Gasteiger partial charge >= 0.3 is 0 Å². The molecule has 2 N–H and O–H groups in total. The molecule has 1 aromatic heterocycles. The lowest BCUT2D eigenvalue weighted by Gasteiger charge is -2.23. The molecule has 0 saturated heterocycles.